The van der Waals surface area contributed by atoms with Crippen molar-refractivity contribution in [3.05, 3.63) is 60.2 Å². The number of carbonyl (C=O) groups is 1. The molecule has 1 fully saturated rings. The highest BCUT2D eigenvalue weighted by molar-refractivity contribution is 7.91. The molecule has 0 aliphatic carbocycles. The van der Waals surface area contributed by atoms with Crippen molar-refractivity contribution >= 4 is 21.6 Å². The van der Waals surface area contributed by atoms with E-state index in [9.17, 15) is 13.2 Å². The largest absolute Gasteiger partial charge is 0.497 e. The van der Waals surface area contributed by atoms with Crippen molar-refractivity contribution in [2.24, 2.45) is 0 Å². The predicted octanol–water partition coefficient (Wildman–Crippen LogP) is 3.02. The lowest BCUT2D eigenvalue weighted by Gasteiger charge is -2.38. The van der Waals surface area contributed by atoms with Gasteiger partial charge in [0.1, 0.15) is 5.75 Å². The van der Waals surface area contributed by atoms with Crippen molar-refractivity contribution in [1.82, 2.24) is 4.31 Å². The molecule has 1 N–H and O–H groups in total. The molecule has 1 unspecified atom stereocenters. The van der Waals surface area contributed by atoms with Crippen LogP contribution < -0.4 is 10.1 Å². The van der Waals surface area contributed by atoms with Gasteiger partial charge < -0.3 is 10.1 Å². The first-order valence-corrected chi connectivity index (χ1v) is 10.3. The standard InChI is InChI=1S/C20H24N2O4S/c1-20(19(23)21-17-9-11-18(26-2)12-10-17)13-6-14-22(27(20,24)25)15-16-7-4-3-5-8-16/h3-5,7-12H,6,13-15H2,1-2H3,(H,21,23). The first-order chi connectivity index (χ1) is 12.9. The number of amides is 1. The molecule has 1 aliphatic rings. The van der Waals surface area contributed by atoms with Crippen LogP contribution in [-0.4, -0.2) is 37.0 Å². The van der Waals surface area contributed by atoms with E-state index in [4.69, 9.17) is 4.74 Å². The lowest BCUT2D eigenvalue weighted by molar-refractivity contribution is -0.118. The van der Waals surface area contributed by atoms with Crippen LogP contribution in [0.15, 0.2) is 54.6 Å². The number of hydrogen-bond donors (Lipinski definition) is 1. The van der Waals surface area contributed by atoms with Gasteiger partial charge in [-0.2, -0.15) is 4.31 Å². The molecule has 0 saturated carbocycles. The van der Waals surface area contributed by atoms with Crippen molar-refractivity contribution in [1.29, 1.82) is 0 Å². The van der Waals surface area contributed by atoms with Crippen LogP contribution in [0.1, 0.15) is 25.3 Å². The smallest absolute Gasteiger partial charge is 0.246 e. The van der Waals surface area contributed by atoms with Gasteiger partial charge in [0.15, 0.2) is 4.75 Å². The zero-order valence-electron chi connectivity index (χ0n) is 15.5. The topological polar surface area (TPSA) is 75.7 Å². The quantitative estimate of drug-likeness (QED) is 0.854. The third-order valence-corrected chi connectivity index (χ3v) is 7.52. The number of nitrogens with one attached hydrogen (secondary N) is 1. The van der Waals surface area contributed by atoms with Gasteiger partial charge in [0.25, 0.3) is 0 Å². The lowest BCUT2D eigenvalue weighted by Crippen LogP contribution is -2.56. The Morgan fingerprint density at radius 2 is 1.81 bits per heavy atom. The summed E-state index contributed by atoms with van der Waals surface area (Å²) in [5.74, 6) is 0.156. The number of nitrogens with zero attached hydrogens (tertiary/aromatic N) is 1. The van der Waals surface area contributed by atoms with Crippen LogP contribution in [0.5, 0.6) is 5.75 Å². The molecule has 1 saturated heterocycles. The molecule has 144 valence electrons. The Morgan fingerprint density at radius 3 is 2.44 bits per heavy atom. The van der Waals surface area contributed by atoms with Gasteiger partial charge in [-0.1, -0.05) is 30.3 Å². The Balaban J connectivity index is 1.80. The molecule has 6 nitrogen and oxygen atoms in total. The van der Waals surface area contributed by atoms with Crippen molar-refractivity contribution in [2.45, 2.75) is 31.1 Å². The third kappa shape index (κ3) is 3.84. The molecule has 1 heterocycles. The van der Waals surface area contributed by atoms with Gasteiger partial charge in [-0.25, -0.2) is 8.42 Å². The molecular weight excluding hydrogens is 364 g/mol. The molecule has 2 aromatic carbocycles. The molecule has 7 heteroatoms. The highest BCUT2D eigenvalue weighted by Gasteiger charge is 2.51. The summed E-state index contributed by atoms with van der Waals surface area (Å²) in [4.78, 5) is 12.9. The lowest BCUT2D eigenvalue weighted by atomic mass is 10.0. The molecule has 0 bridgehead atoms. The molecule has 0 spiro atoms. The van der Waals surface area contributed by atoms with Gasteiger partial charge in [0.05, 0.1) is 7.11 Å². The van der Waals surface area contributed by atoms with Gasteiger partial charge in [-0.15, -0.1) is 0 Å². The van der Waals surface area contributed by atoms with Crippen LogP contribution >= 0.6 is 0 Å². The second-order valence-electron chi connectivity index (χ2n) is 6.84. The van der Waals surface area contributed by atoms with Gasteiger partial charge in [0.2, 0.25) is 15.9 Å². The molecule has 2 aromatic rings. The zero-order chi connectivity index (χ0) is 19.5. The van der Waals surface area contributed by atoms with Crippen molar-refractivity contribution in [3.63, 3.8) is 0 Å². The summed E-state index contributed by atoms with van der Waals surface area (Å²) in [7, 11) is -2.24. The first kappa shape index (κ1) is 19.4. The summed E-state index contributed by atoms with van der Waals surface area (Å²) in [6, 6.07) is 16.2. The summed E-state index contributed by atoms with van der Waals surface area (Å²) in [6.07, 6.45) is 0.932. The number of rotatable bonds is 5. The van der Waals surface area contributed by atoms with Crippen LogP contribution in [0.4, 0.5) is 5.69 Å². The number of hydrogen-bond acceptors (Lipinski definition) is 4. The number of benzene rings is 2. The monoisotopic (exact) mass is 388 g/mol. The summed E-state index contributed by atoms with van der Waals surface area (Å²) in [5, 5.41) is 2.74. The molecule has 3 rings (SSSR count). The molecule has 1 atom stereocenters. The second-order valence-corrected chi connectivity index (χ2v) is 9.21. The van der Waals surface area contributed by atoms with Gasteiger partial charge in [-0.3, -0.25) is 4.79 Å². The van der Waals surface area contributed by atoms with Crippen molar-refractivity contribution < 1.29 is 17.9 Å². The van der Waals surface area contributed by atoms with Crippen LogP contribution in [0.3, 0.4) is 0 Å². The number of methoxy groups -OCH3 is 1. The summed E-state index contributed by atoms with van der Waals surface area (Å²) < 4.78 is 31.4. The molecule has 27 heavy (non-hydrogen) atoms. The number of anilines is 1. The van der Waals surface area contributed by atoms with Crippen molar-refractivity contribution in [2.75, 3.05) is 19.0 Å². The molecular formula is C20H24N2O4S. The van der Waals surface area contributed by atoms with Crippen LogP contribution in [0, 0.1) is 0 Å². The minimum atomic E-state index is -3.80. The van der Waals surface area contributed by atoms with Crippen LogP contribution in [0.2, 0.25) is 0 Å². The Bertz CT molecular complexity index is 897. The fraction of sp³-hybridized carbons (Fsp3) is 0.350. The Kier molecular flexibility index (Phi) is 5.53. The number of carbonyl (C=O) groups excluding carboxylic acids is 1. The predicted molar refractivity (Wildman–Crippen MR) is 105 cm³/mol. The fourth-order valence-corrected chi connectivity index (χ4v) is 5.19. The van der Waals surface area contributed by atoms with Crippen LogP contribution in [-0.2, 0) is 21.4 Å². The number of sulfonamides is 1. The minimum Gasteiger partial charge on any atom is -0.497 e. The second kappa shape index (κ2) is 7.70. The zero-order valence-corrected chi connectivity index (χ0v) is 16.3. The van der Waals surface area contributed by atoms with Gasteiger partial charge in [0, 0.05) is 18.8 Å². The first-order valence-electron chi connectivity index (χ1n) is 8.86. The SMILES string of the molecule is COc1ccc(NC(=O)C2(C)CCCN(Cc3ccccc3)S2(=O)=O)cc1. The Morgan fingerprint density at radius 1 is 1.15 bits per heavy atom. The molecule has 1 amide bonds. The highest BCUT2D eigenvalue weighted by Crippen LogP contribution is 2.34. The Hall–Kier alpha value is -2.38. The van der Waals surface area contributed by atoms with E-state index in [0.29, 0.717) is 30.8 Å². The van der Waals surface area contributed by atoms with E-state index in [-0.39, 0.29) is 6.54 Å². The van der Waals surface area contributed by atoms with E-state index in [1.165, 1.54) is 11.2 Å². The average molecular weight is 388 g/mol. The maximum Gasteiger partial charge on any atom is 0.246 e. The maximum absolute atomic E-state index is 13.2. The molecule has 1 aliphatic heterocycles. The fourth-order valence-electron chi connectivity index (χ4n) is 3.25. The summed E-state index contributed by atoms with van der Waals surface area (Å²) in [5.41, 5.74) is 1.44. The van der Waals surface area contributed by atoms with E-state index in [0.717, 1.165) is 5.56 Å². The molecule has 0 radical (unpaired) electrons. The van der Waals surface area contributed by atoms with Crippen molar-refractivity contribution in [3.8, 4) is 5.75 Å². The Labute approximate surface area is 160 Å². The van der Waals surface area contributed by atoms with E-state index in [2.05, 4.69) is 5.32 Å². The van der Waals surface area contributed by atoms with E-state index < -0.39 is 20.7 Å². The van der Waals surface area contributed by atoms with E-state index in [1.807, 2.05) is 30.3 Å². The van der Waals surface area contributed by atoms with Gasteiger partial charge in [-0.05, 0) is 49.6 Å². The van der Waals surface area contributed by atoms with E-state index in [1.54, 1.807) is 31.4 Å². The number of ether oxygens (including phenoxy) is 1. The minimum absolute atomic E-state index is 0.272. The van der Waals surface area contributed by atoms with E-state index >= 15 is 0 Å². The average Bonchev–Trinajstić information content (AvgIpc) is 2.67. The normalized spacial score (nSPS) is 22.1. The highest BCUT2D eigenvalue weighted by atomic mass is 32.2. The summed E-state index contributed by atoms with van der Waals surface area (Å²) >= 11 is 0. The maximum atomic E-state index is 13.2. The third-order valence-electron chi connectivity index (χ3n) is 5.00. The molecule has 0 aromatic heterocycles. The van der Waals surface area contributed by atoms with Gasteiger partial charge >= 0.3 is 0 Å². The summed E-state index contributed by atoms with van der Waals surface area (Å²) in [6.45, 7) is 2.20. The van der Waals surface area contributed by atoms with Crippen LogP contribution in [0.25, 0.3) is 0 Å².